The third kappa shape index (κ3) is 3.19. The SMILES string of the molecule is CNc1cc(Oc2cc(F)cc(F)c2)cc([N+](=O)[O-])c1. The lowest BCUT2D eigenvalue weighted by atomic mass is 10.2. The summed E-state index contributed by atoms with van der Waals surface area (Å²) in [7, 11) is 1.59. The van der Waals surface area contributed by atoms with Gasteiger partial charge in [-0.05, 0) is 0 Å². The van der Waals surface area contributed by atoms with Crippen LogP contribution in [0.1, 0.15) is 0 Å². The monoisotopic (exact) mass is 280 g/mol. The number of nitrogens with zero attached hydrogens (tertiary/aromatic N) is 1. The molecule has 0 unspecified atom stereocenters. The maximum Gasteiger partial charge on any atom is 0.275 e. The van der Waals surface area contributed by atoms with Crippen molar-refractivity contribution in [1.82, 2.24) is 0 Å². The Balaban J connectivity index is 2.37. The first-order valence-corrected chi connectivity index (χ1v) is 5.59. The van der Waals surface area contributed by atoms with E-state index < -0.39 is 16.6 Å². The molecular formula is C13H10F2N2O3. The fourth-order valence-corrected chi connectivity index (χ4v) is 1.62. The van der Waals surface area contributed by atoms with Gasteiger partial charge in [0.05, 0.1) is 11.0 Å². The van der Waals surface area contributed by atoms with Crippen molar-refractivity contribution in [2.75, 3.05) is 12.4 Å². The number of anilines is 1. The lowest BCUT2D eigenvalue weighted by molar-refractivity contribution is -0.384. The highest BCUT2D eigenvalue weighted by molar-refractivity contribution is 5.56. The molecule has 0 amide bonds. The summed E-state index contributed by atoms with van der Waals surface area (Å²) in [6.07, 6.45) is 0. The van der Waals surface area contributed by atoms with Crippen LogP contribution >= 0.6 is 0 Å². The Bertz CT molecular complexity index is 642. The first-order valence-electron chi connectivity index (χ1n) is 5.59. The van der Waals surface area contributed by atoms with E-state index >= 15 is 0 Å². The molecule has 0 radical (unpaired) electrons. The van der Waals surface area contributed by atoms with E-state index in [1.54, 1.807) is 7.05 Å². The molecule has 1 N–H and O–H groups in total. The Morgan fingerprint density at radius 3 is 2.20 bits per heavy atom. The highest BCUT2D eigenvalue weighted by Gasteiger charge is 2.11. The molecule has 0 atom stereocenters. The van der Waals surface area contributed by atoms with Crippen molar-refractivity contribution in [2.45, 2.75) is 0 Å². The standard InChI is InChI=1S/C13H10F2N2O3/c1-16-10-5-11(17(18)19)7-13(6-10)20-12-3-8(14)2-9(15)4-12/h2-7,16H,1H3. The second-order valence-corrected chi connectivity index (χ2v) is 3.93. The Labute approximate surface area is 113 Å². The summed E-state index contributed by atoms with van der Waals surface area (Å²) < 4.78 is 31.3. The number of nitrogens with one attached hydrogen (secondary N) is 1. The Morgan fingerprint density at radius 2 is 1.65 bits per heavy atom. The Kier molecular flexibility index (Phi) is 3.79. The molecule has 5 nitrogen and oxygen atoms in total. The van der Waals surface area contributed by atoms with E-state index in [1.807, 2.05) is 0 Å². The fourth-order valence-electron chi connectivity index (χ4n) is 1.62. The molecule has 0 aliphatic heterocycles. The number of nitro benzene ring substituents is 1. The zero-order valence-corrected chi connectivity index (χ0v) is 10.4. The van der Waals surface area contributed by atoms with E-state index in [2.05, 4.69) is 5.32 Å². The zero-order chi connectivity index (χ0) is 14.7. The number of hydrogen-bond acceptors (Lipinski definition) is 4. The van der Waals surface area contributed by atoms with Gasteiger partial charge in [0.1, 0.15) is 23.1 Å². The van der Waals surface area contributed by atoms with Gasteiger partial charge >= 0.3 is 0 Å². The van der Waals surface area contributed by atoms with Gasteiger partial charge in [-0.15, -0.1) is 0 Å². The molecule has 0 spiro atoms. The molecule has 7 heteroatoms. The lowest BCUT2D eigenvalue weighted by Crippen LogP contribution is -1.95. The number of halogens is 2. The van der Waals surface area contributed by atoms with Crippen molar-refractivity contribution < 1.29 is 18.4 Å². The second-order valence-electron chi connectivity index (χ2n) is 3.93. The zero-order valence-electron chi connectivity index (χ0n) is 10.4. The highest BCUT2D eigenvalue weighted by Crippen LogP contribution is 2.30. The fraction of sp³-hybridized carbons (Fsp3) is 0.0769. The molecule has 0 saturated carbocycles. The van der Waals surface area contributed by atoms with E-state index in [9.17, 15) is 18.9 Å². The van der Waals surface area contributed by atoms with Crippen LogP contribution in [0.5, 0.6) is 11.5 Å². The molecule has 104 valence electrons. The first kappa shape index (κ1) is 13.7. The topological polar surface area (TPSA) is 64.4 Å². The number of hydrogen-bond donors (Lipinski definition) is 1. The Morgan fingerprint density at radius 1 is 1.05 bits per heavy atom. The predicted octanol–water partition coefficient (Wildman–Crippen LogP) is 3.71. The maximum absolute atomic E-state index is 13.0. The van der Waals surface area contributed by atoms with Gasteiger partial charge in [-0.2, -0.15) is 0 Å². The Hall–Kier alpha value is -2.70. The molecule has 0 aromatic heterocycles. The van der Waals surface area contributed by atoms with Crippen molar-refractivity contribution in [1.29, 1.82) is 0 Å². The maximum atomic E-state index is 13.0. The van der Waals surface area contributed by atoms with Gasteiger partial charge in [0.2, 0.25) is 0 Å². The normalized spacial score (nSPS) is 10.2. The van der Waals surface area contributed by atoms with Gasteiger partial charge in [0, 0.05) is 43.1 Å². The summed E-state index contributed by atoms with van der Waals surface area (Å²) in [5.74, 6) is -1.56. The van der Waals surface area contributed by atoms with E-state index in [4.69, 9.17) is 4.74 Å². The van der Waals surface area contributed by atoms with E-state index in [-0.39, 0.29) is 17.2 Å². The molecule has 2 aromatic carbocycles. The summed E-state index contributed by atoms with van der Waals surface area (Å²) in [4.78, 5) is 10.2. The van der Waals surface area contributed by atoms with Crippen molar-refractivity contribution >= 4 is 11.4 Å². The molecule has 0 bridgehead atoms. The minimum absolute atomic E-state index is 0.0787. The van der Waals surface area contributed by atoms with Crippen LogP contribution in [0.2, 0.25) is 0 Å². The summed E-state index contributed by atoms with van der Waals surface area (Å²) in [5.41, 5.74) is 0.259. The molecule has 20 heavy (non-hydrogen) atoms. The van der Waals surface area contributed by atoms with Crippen LogP contribution in [0.4, 0.5) is 20.2 Å². The van der Waals surface area contributed by atoms with Gasteiger partial charge in [0.15, 0.2) is 0 Å². The largest absolute Gasteiger partial charge is 0.457 e. The molecule has 0 heterocycles. The molecule has 0 aliphatic carbocycles. The lowest BCUT2D eigenvalue weighted by Gasteiger charge is -2.08. The van der Waals surface area contributed by atoms with Crippen LogP contribution in [0, 0.1) is 21.7 Å². The smallest absolute Gasteiger partial charge is 0.275 e. The van der Waals surface area contributed by atoms with Crippen molar-refractivity contribution in [3.05, 3.63) is 58.1 Å². The summed E-state index contributed by atoms with van der Waals surface area (Å²) in [6, 6.07) is 6.65. The quantitative estimate of drug-likeness (QED) is 0.685. The van der Waals surface area contributed by atoms with Crippen LogP contribution in [-0.2, 0) is 0 Å². The second kappa shape index (κ2) is 5.52. The third-order valence-corrected chi connectivity index (χ3v) is 2.46. The third-order valence-electron chi connectivity index (χ3n) is 2.46. The minimum atomic E-state index is -0.792. The van der Waals surface area contributed by atoms with E-state index in [1.165, 1.54) is 18.2 Å². The van der Waals surface area contributed by atoms with Crippen molar-refractivity contribution in [3.63, 3.8) is 0 Å². The van der Waals surface area contributed by atoms with Crippen LogP contribution in [0.15, 0.2) is 36.4 Å². The first-order chi connectivity index (χ1) is 9.47. The van der Waals surface area contributed by atoms with Crippen molar-refractivity contribution in [3.8, 4) is 11.5 Å². The summed E-state index contributed by atoms with van der Waals surface area (Å²) in [5, 5.41) is 13.5. The van der Waals surface area contributed by atoms with E-state index in [0.29, 0.717) is 11.8 Å². The minimum Gasteiger partial charge on any atom is -0.457 e. The number of non-ortho nitro benzene ring substituents is 1. The van der Waals surface area contributed by atoms with Gasteiger partial charge < -0.3 is 10.1 Å². The summed E-state index contributed by atoms with van der Waals surface area (Å²) in [6.45, 7) is 0. The molecular weight excluding hydrogens is 270 g/mol. The van der Waals surface area contributed by atoms with Gasteiger partial charge in [-0.3, -0.25) is 10.1 Å². The van der Waals surface area contributed by atoms with Crippen LogP contribution in [-0.4, -0.2) is 12.0 Å². The average Bonchev–Trinajstić information content (AvgIpc) is 2.36. The van der Waals surface area contributed by atoms with Crippen LogP contribution in [0.25, 0.3) is 0 Å². The van der Waals surface area contributed by atoms with Crippen molar-refractivity contribution in [2.24, 2.45) is 0 Å². The number of ether oxygens (including phenoxy) is 1. The van der Waals surface area contributed by atoms with Gasteiger partial charge in [0.25, 0.3) is 5.69 Å². The molecule has 0 fully saturated rings. The van der Waals surface area contributed by atoms with E-state index in [0.717, 1.165) is 12.1 Å². The van der Waals surface area contributed by atoms with Gasteiger partial charge in [-0.25, -0.2) is 8.78 Å². The molecule has 0 aliphatic rings. The number of nitro groups is 1. The predicted molar refractivity (Wildman–Crippen MR) is 69.1 cm³/mol. The van der Waals surface area contributed by atoms with Gasteiger partial charge in [-0.1, -0.05) is 0 Å². The summed E-state index contributed by atoms with van der Waals surface area (Å²) >= 11 is 0. The molecule has 2 rings (SSSR count). The average molecular weight is 280 g/mol. The molecule has 2 aromatic rings. The number of benzene rings is 2. The van der Waals surface area contributed by atoms with Crippen LogP contribution < -0.4 is 10.1 Å². The highest BCUT2D eigenvalue weighted by atomic mass is 19.1. The van der Waals surface area contributed by atoms with Crippen LogP contribution in [0.3, 0.4) is 0 Å². The molecule has 0 saturated heterocycles. The number of rotatable bonds is 4.